The van der Waals surface area contributed by atoms with Gasteiger partial charge in [0.2, 0.25) is 0 Å². The molecule has 2 rings (SSSR count). The summed E-state index contributed by atoms with van der Waals surface area (Å²) in [6.45, 7) is 2.14. The van der Waals surface area contributed by atoms with E-state index in [4.69, 9.17) is 20.9 Å². The molecule has 1 aromatic carbocycles. The highest BCUT2D eigenvalue weighted by atomic mass is 16.5. The van der Waals surface area contributed by atoms with Gasteiger partial charge in [-0.3, -0.25) is 0 Å². The maximum atomic E-state index is 5.62. The molecule has 0 unspecified atom stereocenters. The monoisotopic (exact) mass is 247 g/mol. The predicted octanol–water partition coefficient (Wildman–Crippen LogP) is 1.17. The number of ether oxygens (including phenoxy) is 2. The number of aromatic nitrogens is 1. The Bertz CT molecular complexity index is 517. The number of pyridine rings is 1. The first-order valence-corrected chi connectivity index (χ1v) is 5.86. The van der Waals surface area contributed by atoms with Gasteiger partial charge in [-0.15, -0.1) is 0 Å². The standard InChI is InChI=1S/C13H17N3O2/c14-5-6-17-7-8-18-11-2-3-12-10(9-11)1-4-13(15)16-12/h1-4,9H,5-8,14H2,(H2,15,16). The molecule has 2 aromatic rings. The molecule has 5 nitrogen and oxygen atoms in total. The topological polar surface area (TPSA) is 83.4 Å². The predicted molar refractivity (Wildman–Crippen MR) is 71.5 cm³/mol. The average Bonchev–Trinajstić information content (AvgIpc) is 2.38. The lowest BCUT2D eigenvalue weighted by molar-refractivity contribution is 0.106. The van der Waals surface area contributed by atoms with Crippen molar-refractivity contribution in [3.8, 4) is 5.75 Å². The van der Waals surface area contributed by atoms with Crippen LogP contribution in [0.2, 0.25) is 0 Å². The SMILES string of the molecule is NCCOCCOc1ccc2nc(N)ccc2c1. The van der Waals surface area contributed by atoms with Gasteiger partial charge in [-0.05, 0) is 30.3 Å². The van der Waals surface area contributed by atoms with Crippen LogP contribution in [0.1, 0.15) is 0 Å². The van der Waals surface area contributed by atoms with Crippen molar-refractivity contribution in [2.45, 2.75) is 0 Å². The van der Waals surface area contributed by atoms with Crippen molar-refractivity contribution >= 4 is 16.7 Å². The zero-order chi connectivity index (χ0) is 12.8. The molecule has 0 atom stereocenters. The number of fused-ring (bicyclic) bond motifs is 1. The number of nitrogen functional groups attached to an aromatic ring is 1. The van der Waals surface area contributed by atoms with Crippen LogP contribution in [-0.2, 0) is 4.74 Å². The molecule has 0 aliphatic carbocycles. The molecule has 5 heteroatoms. The Morgan fingerprint density at radius 1 is 1.06 bits per heavy atom. The van der Waals surface area contributed by atoms with Crippen LogP contribution < -0.4 is 16.2 Å². The smallest absolute Gasteiger partial charge is 0.124 e. The minimum absolute atomic E-state index is 0.508. The molecule has 96 valence electrons. The summed E-state index contributed by atoms with van der Waals surface area (Å²) >= 11 is 0. The summed E-state index contributed by atoms with van der Waals surface area (Å²) in [5, 5.41) is 1.00. The lowest BCUT2D eigenvalue weighted by Crippen LogP contribution is -2.13. The van der Waals surface area contributed by atoms with Crippen LogP contribution in [0.3, 0.4) is 0 Å². The first kappa shape index (κ1) is 12.6. The Morgan fingerprint density at radius 2 is 1.94 bits per heavy atom. The maximum absolute atomic E-state index is 5.62. The lowest BCUT2D eigenvalue weighted by Gasteiger charge is -2.07. The summed E-state index contributed by atoms with van der Waals surface area (Å²) in [5.41, 5.74) is 11.8. The highest BCUT2D eigenvalue weighted by molar-refractivity contribution is 5.81. The fraction of sp³-hybridized carbons (Fsp3) is 0.308. The van der Waals surface area contributed by atoms with Crippen LogP contribution in [0.5, 0.6) is 5.75 Å². The maximum Gasteiger partial charge on any atom is 0.124 e. The van der Waals surface area contributed by atoms with E-state index in [0.717, 1.165) is 16.7 Å². The molecule has 0 saturated heterocycles. The largest absolute Gasteiger partial charge is 0.491 e. The van der Waals surface area contributed by atoms with Gasteiger partial charge < -0.3 is 20.9 Å². The molecule has 4 N–H and O–H groups in total. The first-order chi connectivity index (χ1) is 8.79. The highest BCUT2D eigenvalue weighted by Crippen LogP contribution is 2.20. The van der Waals surface area contributed by atoms with Crippen molar-refractivity contribution in [1.82, 2.24) is 4.98 Å². The van der Waals surface area contributed by atoms with Gasteiger partial charge in [0.15, 0.2) is 0 Å². The van der Waals surface area contributed by atoms with E-state index < -0.39 is 0 Å². The highest BCUT2D eigenvalue weighted by Gasteiger charge is 1.99. The Balaban J connectivity index is 1.95. The van der Waals surface area contributed by atoms with Crippen LogP contribution in [-0.4, -0.2) is 31.3 Å². The molecule has 1 aromatic heterocycles. The van der Waals surface area contributed by atoms with Crippen LogP contribution >= 0.6 is 0 Å². The second-order valence-electron chi connectivity index (χ2n) is 3.84. The summed E-state index contributed by atoms with van der Waals surface area (Å²) in [7, 11) is 0. The third kappa shape index (κ3) is 3.32. The Hall–Kier alpha value is -1.85. The van der Waals surface area contributed by atoms with Crippen molar-refractivity contribution in [3.05, 3.63) is 30.3 Å². The molecule has 0 spiro atoms. The summed E-state index contributed by atoms with van der Waals surface area (Å²) in [6, 6.07) is 9.40. The molecule has 0 saturated carbocycles. The number of benzene rings is 1. The number of nitrogens with two attached hydrogens (primary N) is 2. The van der Waals surface area contributed by atoms with Gasteiger partial charge in [0.25, 0.3) is 0 Å². The number of anilines is 1. The van der Waals surface area contributed by atoms with Crippen LogP contribution in [0, 0.1) is 0 Å². The van der Waals surface area contributed by atoms with Crippen molar-refractivity contribution in [3.63, 3.8) is 0 Å². The van der Waals surface area contributed by atoms with Gasteiger partial charge in [-0.1, -0.05) is 0 Å². The molecule has 0 radical (unpaired) electrons. The van der Waals surface area contributed by atoms with E-state index in [-0.39, 0.29) is 0 Å². The summed E-state index contributed by atoms with van der Waals surface area (Å²) < 4.78 is 10.8. The van der Waals surface area contributed by atoms with Gasteiger partial charge >= 0.3 is 0 Å². The molecule has 0 fully saturated rings. The van der Waals surface area contributed by atoms with E-state index in [1.54, 1.807) is 6.07 Å². The van der Waals surface area contributed by atoms with Crippen molar-refractivity contribution in [1.29, 1.82) is 0 Å². The summed E-state index contributed by atoms with van der Waals surface area (Å²) in [6.07, 6.45) is 0. The lowest BCUT2D eigenvalue weighted by atomic mass is 10.2. The van der Waals surface area contributed by atoms with Crippen molar-refractivity contribution in [2.24, 2.45) is 5.73 Å². The second-order valence-corrected chi connectivity index (χ2v) is 3.84. The molecule has 0 aliphatic heterocycles. The van der Waals surface area contributed by atoms with Gasteiger partial charge in [0.05, 0.1) is 18.7 Å². The number of hydrogen-bond donors (Lipinski definition) is 2. The summed E-state index contributed by atoms with van der Waals surface area (Å²) in [5.74, 6) is 1.32. The normalized spacial score (nSPS) is 10.7. The average molecular weight is 247 g/mol. The van der Waals surface area contributed by atoms with E-state index in [1.807, 2.05) is 24.3 Å². The molecule has 1 heterocycles. The van der Waals surface area contributed by atoms with E-state index in [2.05, 4.69) is 4.98 Å². The molecule has 18 heavy (non-hydrogen) atoms. The summed E-state index contributed by atoms with van der Waals surface area (Å²) in [4.78, 5) is 4.22. The van der Waals surface area contributed by atoms with Crippen molar-refractivity contribution in [2.75, 3.05) is 32.1 Å². The third-order valence-electron chi connectivity index (χ3n) is 2.44. The zero-order valence-electron chi connectivity index (χ0n) is 10.1. The minimum Gasteiger partial charge on any atom is -0.491 e. The molecule has 0 aliphatic rings. The molecule has 0 bridgehead atoms. The van der Waals surface area contributed by atoms with Crippen LogP contribution in [0.15, 0.2) is 30.3 Å². The van der Waals surface area contributed by atoms with Crippen molar-refractivity contribution < 1.29 is 9.47 Å². The molecular formula is C13H17N3O2. The zero-order valence-corrected chi connectivity index (χ0v) is 10.1. The molecule has 0 amide bonds. The van der Waals surface area contributed by atoms with E-state index in [0.29, 0.717) is 32.2 Å². The number of nitrogens with zero attached hydrogens (tertiary/aromatic N) is 1. The van der Waals surface area contributed by atoms with E-state index in [9.17, 15) is 0 Å². The fourth-order valence-electron chi connectivity index (χ4n) is 1.61. The second kappa shape index (κ2) is 6.18. The fourth-order valence-corrected chi connectivity index (χ4v) is 1.61. The van der Waals surface area contributed by atoms with Gasteiger partial charge in [-0.25, -0.2) is 4.98 Å². The third-order valence-corrected chi connectivity index (χ3v) is 2.44. The number of rotatable bonds is 6. The minimum atomic E-state index is 0.508. The Kier molecular flexibility index (Phi) is 4.33. The quantitative estimate of drug-likeness (QED) is 0.749. The first-order valence-electron chi connectivity index (χ1n) is 5.86. The Morgan fingerprint density at radius 3 is 2.78 bits per heavy atom. The van der Waals surface area contributed by atoms with Crippen LogP contribution in [0.25, 0.3) is 10.9 Å². The van der Waals surface area contributed by atoms with Gasteiger partial charge in [0.1, 0.15) is 18.2 Å². The van der Waals surface area contributed by atoms with E-state index in [1.165, 1.54) is 0 Å². The Labute approximate surface area is 106 Å². The van der Waals surface area contributed by atoms with E-state index >= 15 is 0 Å². The van der Waals surface area contributed by atoms with Gasteiger partial charge in [-0.2, -0.15) is 0 Å². The van der Waals surface area contributed by atoms with Crippen LogP contribution in [0.4, 0.5) is 5.82 Å². The molecular weight excluding hydrogens is 230 g/mol. The number of hydrogen-bond acceptors (Lipinski definition) is 5. The van der Waals surface area contributed by atoms with Gasteiger partial charge in [0, 0.05) is 11.9 Å².